The Labute approximate surface area is 179 Å². The van der Waals surface area contributed by atoms with E-state index in [1.54, 1.807) is 11.3 Å². The SMILES string of the molecule is CC[C@H](C)N(CCN1CC(O)=C(c2nc3ccccc3s2)C1=N)Cc1cccs1. The number of para-hydroxylation sites is 1. The van der Waals surface area contributed by atoms with Crippen LogP contribution in [0.2, 0.25) is 0 Å². The molecule has 1 aromatic carbocycles. The van der Waals surface area contributed by atoms with E-state index in [-0.39, 0.29) is 5.76 Å². The molecule has 4 rings (SSSR count). The largest absolute Gasteiger partial charge is 0.510 e. The molecule has 5 nitrogen and oxygen atoms in total. The van der Waals surface area contributed by atoms with Gasteiger partial charge >= 0.3 is 0 Å². The zero-order chi connectivity index (χ0) is 20.4. The standard InChI is InChI=1S/C22H26N4OS2/c1-3-15(2)25(13-16-7-6-12-28-16)10-11-26-14-18(27)20(21(26)23)22-24-17-8-4-5-9-19(17)29-22/h4-9,12,15,23,27H,3,10-11,13-14H2,1-2H3/t15-/m0/s1. The summed E-state index contributed by atoms with van der Waals surface area (Å²) in [5.41, 5.74) is 1.50. The Balaban J connectivity index is 1.45. The average Bonchev–Trinajstić information content (AvgIpc) is 3.43. The maximum Gasteiger partial charge on any atom is 0.135 e. The topological polar surface area (TPSA) is 63.5 Å². The van der Waals surface area contributed by atoms with Gasteiger partial charge in [0.2, 0.25) is 0 Å². The van der Waals surface area contributed by atoms with E-state index in [1.165, 1.54) is 16.2 Å². The summed E-state index contributed by atoms with van der Waals surface area (Å²) in [6.45, 7) is 7.35. The van der Waals surface area contributed by atoms with Crippen LogP contribution >= 0.6 is 22.7 Å². The van der Waals surface area contributed by atoms with Gasteiger partial charge < -0.3 is 10.0 Å². The lowest BCUT2D eigenvalue weighted by Crippen LogP contribution is -2.40. The third kappa shape index (κ3) is 4.22. The number of nitrogens with one attached hydrogen (secondary N) is 1. The lowest BCUT2D eigenvalue weighted by Gasteiger charge is -2.30. The molecule has 0 saturated heterocycles. The predicted molar refractivity (Wildman–Crippen MR) is 123 cm³/mol. The number of thiazole rings is 1. The number of aliphatic hydroxyl groups excluding tert-OH is 1. The van der Waals surface area contributed by atoms with Gasteiger partial charge in [-0.1, -0.05) is 25.1 Å². The summed E-state index contributed by atoms with van der Waals surface area (Å²) in [6.07, 6.45) is 1.09. The maximum absolute atomic E-state index is 10.6. The molecule has 1 atom stereocenters. The highest BCUT2D eigenvalue weighted by Gasteiger charge is 2.30. The van der Waals surface area contributed by atoms with Gasteiger partial charge in [0.1, 0.15) is 16.6 Å². The first kappa shape index (κ1) is 20.1. The molecule has 0 radical (unpaired) electrons. The summed E-state index contributed by atoms with van der Waals surface area (Å²) >= 11 is 3.32. The van der Waals surface area contributed by atoms with Crippen molar-refractivity contribution in [3.63, 3.8) is 0 Å². The van der Waals surface area contributed by atoms with Crippen LogP contribution in [-0.4, -0.2) is 51.4 Å². The third-order valence-electron chi connectivity index (χ3n) is 5.50. The van der Waals surface area contributed by atoms with Crippen LogP contribution in [0.15, 0.2) is 47.5 Å². The van der Waals surface area contributed by atoms with Gasteiger partial charge in [0.05, 0.1) is 22.3 Å². The van der Waals surface area contributed by atoms with Crippen LogP contribution in [0.4, 0.5) is 0 Å². The molecule has 0 aliphatic carbocycles. The van der Waals surface area contributed by atoms with Crippen LogP contribution in [0.3, 0.4) is 0 Å². The zero-order valence-electron chi connectivity index (χ0n) is 16.8. The van der Waals surface area contributed by atoms with Gasteiger partial charge in [0.25, 0.3) is 0 Å². The number of thiophene rings is 1. The molecule has 2 N–H and O–H groups in total. The van der Waals surface area contributed by atoms with Gasteiger partial charge in [0, 0.05) is 30.6 Å². The number of aromatic nitrogens is 1. The van der Waals surface area contributed by atoms with Gasteiger partial charge in [-0.25, -0.2) is 4.98 Å². The molecule has 1 aliphatic heterocycles. The van der Waals surface area contributed by atoms with Gasteiger partial charge in [-0.05, 0) is 36.9 Å². The fourth-order valence-corrected chi connectivity index (χ4v) is 5.36. The molecule has 2 aromatic heterocycles. The quantitative estimate of drug-likeness (QED) is 0.518. The van der Waals surface area contributed by atoms with E-state index >= 15 is 0 Å². The molecule has 7 heteroatoms. The molecule has 0 unspecified atom stereocenters. The molecule has 0 spiro atoms. The fourth-order valence-electron chi connectivity index (χ4n) is 3.59. The van der Waals surface area contributed by atoms with Crippen molar-refractivity contribution >= 4 is 44.3 Å². The van der Waals surface area contributed by atoms with E-state index < -0.39 is 0 Å². The van der Waals surface area contributed by atoms with Gasteiger partial charge in [-0.3, -0.25) is 10.3 Å². The first-order valence-corrected chi connectivity index (χ1v) is 11.6. The second kappa shape index (κ2) is 8.65. The van der Waals surface area contributed by atoms with Crippen LogP contribution in [-0.2, 0) is 6.54 Å². The molecule has 152 valence electrons. The Morgan fingerprint density at radius 1 is 1.28 bits per heavy atom. The van der Waals surface area contributed by atoms with Crippen molar-refractivity contribution in [1.82, 2.24) is 14.8 Å². The molecule has 29 heavy (non-hydrogen) atoms. The molecule has 3 aromatic rings. The predicted octanol–water partition coefficient (Wildman–Crippen LogP) is 5.22. The minimum Gasteiger partial charge on any atom is -0.510 e. The highest BCUT2D eigenvalue weighted by Crippen LogP contribution is 2.33. The number of nitrogens with zero attached hydrogens (tertiary/aromatic N) is 3. The van der Waals surface area contributed by atoms with Crippen LogP contribution in [0, 0.1) is 5.41 Å². The van der Waals surface area contributed by atoms with E-state index in [2.05, 4.69) is 41.2 Å². The highest BCUT2D eigenvalue weighted by molar-refractivity contribution is 7.19. The highest BCUT2D eigenvalue weighted by atomic mass is 32.1. The Morgan fingerprint density at radius 2 is 2.10 bits per heavy atom. The molecule has 1 aliphatic rings. The summed E-state index contributed by atoms with van der Waals surface area (Å²) in [5, 5.41) is 22.1. The second-order valence-corrected chi connectivity index (χ2v) is 9.45. The number of hydrogen-bond donors (Lipinski definition) is 2. The zero-order valence-corrected chi connectivity index (χ0v) is 18.4. The Hall–Kier alpha value is -2.22. The number of aliphatic hydroxyl groups is 1. The average molecular weight is 427 g/mol. The first-order valence-electron chi connectivity index (χ1n) is 9.95. The van der Waals surface area contributed by atoms with E-state index in [9.17, 15) is 5.11 Å². The van der Waals surface area contributed by atoms with Crippen molar-refractivity contribution in [1.29, 1.82) is 5.41 Å². The molecule has 0 fully saturated rings. The van der Waals surface area contributed by atoms with Crippen molar-refractivity contribution in [3.05, 3.63) is 57.4 Å². The van der Waals surface area contributed by atoms with Gasteiger partial charge in [-0.2, -0.15) is 0 Å². The lowest BCUT2D eigenvalue weighted by molar-refractivity contribution is 0.182. The van der Waals surface area contributed by atoms with Crippen LogP contribution in [0.5, 0.6) is 0 Å². The number of fused-ring (bicyclic) bond motifs is 1. The molecule has 0 saturated carbocycles. The number of rotatable bonds is 8. The monoisotopic (exact) mass is 426 g/mol. The maximum atomic E-state index is 10.6. The normalized spacial score (nSPS) is 15.8. The Morgan fingerprint density at radius 3 is 2.83 bits per heavy atom. The molecule has 3 heterocycles. The minimum atomic E-state index is 0.252. The van der Waals surface area contributed by atoms with Crippen molar-refractivity contribution < 1.29 is 5.11 Å². The smallest absolute Gasteiger partial charge is 0.135 e. The Kier molecular flexibility index (Phi) is 5.99. The van der Waals surface area contributed by atoms with Gasteiger partial charge in [-0.15, -0.1) is 22.7 Å². The lowest BCUT2D eigenvalue weighted by atomic mass is 10.2. The molecule has 0 bridgehead atoms. The second-order valence-electron chi connectivity index (χ2n) is 7.39. The van der Waals surface area contributed by atoms with Crippen molar-refractivity contribution in [2.24, 2.45) is 0 Å². The minimum absolute atomic E-state index is 0.252. The van der Waals surface area contributed by atoms with E-state index in [0.29, 0.717) is 30.5 Å². The Bertz CT molecular complexity index is 992. The molecular weight excluding hydrogens is 400 g/mol. The summed E-state index contributed by atoms with van der Waals surface area (Å²) < 4.78 is 1.08. The first-order chi connectivity index (χ1) is 14.1. The van der Waals surface area contributed by atoms with E-state index in [4.69, 9.17) is 5.41 Å². The number of amidine groups is 1. The third-order valence-corrected chi connectivity index (χ3v) is 7.42. The van der Waals surface area contributed by atoms with Crippen LogP contribution < -0.4 is 0 Å². The van der Waals surface area contributed by atoms with E-state index in [1.807, 2.05) is 29.2 Å². The number of benzene rings is 1. The van der Waals surface area contributed by atoms with Gasteiger partial charge in [0.15, 0.2) is 0 Å². The summed E-state index contributed by atoms with van der Waals surface area (Å²) in [7, 11) is 0. The molecular formula is C22H26N4OS2. The fraction of sp³-hybridized carbons (Fsp3) is 0.364. The summed E-state index contributed by atoms with van der Waals surface area (Å²) in [4.78, 5) is 10.4. The number of hydrogen-bond acceptors (Lipinski definition) is 6. The van der Waals surface area contributed by atoms with Crippen molar-refractivity contribution in [2.45, 2.75) is 32.9 Å². The van der Waals surface area contributed by atoms with Crippen LogP contribution in [0.1, 0.15) is 30.2 Å². The van der Waals surface area contributed by atoms with Crippen LogP contribution in [0.25, 0.3) is 15.8 Å². The van der Waals surface area contributed by atoms with Crippen molar-refractivity contribution in [3.8, 4) is 0 Å². The summed E-state index contributed by atoms with van der Waals surface area (Å²) in [6, 6.07) is 12.7. The summed E-state index contributed by atoms with van der Waals surface area (Å²) in [5.74, 6) is 0.629. The van der Waals surface area contributed by atoms with Crippen molar-refractivity contribution in [2.75, 3.05) is 19.6 Å². The van der Waals surface area contributed by atoms with E-state index in [0.717, 1.165) is 34.7 Å². The molecule has 0 amide bonds.